The molecule has 114 valence electrons. The van der Waals surface area contributed by atoms with Gasteiger partial charge in [-0.1, -0.05) is 0 Å². The molecule has 1 aromatic heterocycles. The van der Waals surface area contributed by atoms with Crippen molar-refractivity contribution >= 4 is 16.0 Å². The summed E-state index contributed by atoms with van der Waals surface area (Å²) in [5.74, 6) is 0.281. The van der Waals surface area contributed by atoms with Crippen molar-refractivity contribution in [3.05, 3.63) is 12.4 Å². The maximum absolute atomic E-state index is 11.9. The number of nitrogens with one attached hydrogen (secondary N) is 2. The van der Waals surface area contributed by atoms with Gasteiger partial charge < -0.3 is 5.32 Å². The van der Waals surface area contributed by atoms with E-state index in [1.165, 1.54) is 0 Å². The maximum Gasteiger partial charge on any atom is 0.389 e. The topological polar surface area (TPSA) is 84.0 Å². The van der Waals surface area contributed by atoms with Gasteiger partial charge in [0, 0.05) is 19.5 Å². The van der Waals surface area contributed by atoms with Gasteiger partial charge in [-0.15, -0.1) is 0 Å². The zero-order valence-electron chi connectivity index (χ0n) is 10.7. The van der Waals surface area contributed by atoms with Gasteiger partial charge >= 0.3 is 6.18 Å². The van der Waals surface area contributed by atoms with E-state index < -0.39 is 22.6 Å². The molecule has 0 fully saturated rings. The fourth-order valence-corrected chi connectivity index (χ4v) is 2.25. The van der Waals surface area contributed by atoms with E-state index in [9.17, 15) is 21.6 Å². The number of sulfonamides is 1. The number of nitrogens with zero attached hydrogens (tertiary/aromatic N) is 2. The lowest BCUT2D eigenvalue weighted by Gasteiger charge is -2.08. The summed E-state index contributed by atoms with van der Waals surface area (Å²) >= 11 is 0. The molecule has 0 bridgehead atoms. The molecule has 0 unspecified atom stereocenters. The van der Waals surface area contributed by atoms with Gasteiger partial charge in [-0.25, -0.2) is 23.1 Å². The van der Waals surface area contributed by atoms with Crippen molar-refractivity contribution < 1.29 is 21.6 Å². The van der Waals surface area contributed by atoms with Crippen LogP contribution in [0, 0.1) is 0 Å². The van der Waals surface area contributed by atoms with E-state index >= 15 is 0 Å². The third-order valence-electron chi connectivity index (χ3n) is 2.20. The Labute approximate surface area is 114 Å². The highest BCUT2D eigenvalue weighted by atomic mass is 32.2. The number of halogens is 3. The van der Waals surface area contributed by atoms with Crippen molar-refractivity contribution in [2.45, 2.75) is 30.8 Å². The van der Waals surface area contributed by atoms with Gasteiger partial charge in [0.25, 0.3) is 0 Å². The highest BCUT2D eigenvalue weighted by molar-refractivity contribution is 7.89. The monoisotopic (exact) mass is 312 g/mol. The van der Waals surface area contributed by atoms with Crippen LogP contribution in [0.3, 0.4) is 0 Å². The van der Waals surface area contributed by atoms with Crippen LogP contribution >= 0.6 is 0 Å². The van der Waals surface area contributed by atoms with Crippen molar-refractivity contribution in [2.75, 3.05) is 18.4 Å². The highest BCUT2D eigenvalue weighted by Gasteiger charge is 2.26. The summed E-state index contributed by atoms with van der Waals surface area (Å²) in [4.78, 5) is 7.37. The number of anilines is 1. The Kier molecular flexibility index (Phi) is 5.69. The fourth-order valence-electron chi connectivity index (χ4n) is 1.28. The maximum atomic E-state index is 11.9. The second kappa shape index (κ2) is 6.84. The van der Waals surface area contributed by atoms with Crippen molar-refractivity contribution in [1.29, 1.82) is 0 Å². The van der Waals surface area contributed by atoms with E-state index in [0.29, 0.717) is 6.54 Å². The van der Waals surface area contributed by atoms with Crippen molar-refractivity contribution in [1.82, 2.24) is 14.7 Å². The van der Waals surface area contributed by atoms with Crippen LogP contribution in [0.25, 0.3) is 0 Å². The summed E-state index contributed by atoms with van der Waals surface area (Å²) in [5, 5.41) is 2.79. The molecular weight excluding hydrogens is 297 g/mol. The SMILES string of the molecule is CCNc1ncc(S(=O)(=O)NCCCC(F)(F)F)cn1. The summed E-state index contributed by atoms with van der Waals surface area (Å²) in [7, 11) is -3.88. The van der Waals surface area contributed by atoms with Gasteiger partial charge in [-0.05, 0) is 13.3 Å². The van der Waals surface area contributed by atoms with E-state index in [4.69, 9.17) is 0 Å². The molecule has 0 radical (unpaired) electrons. The van der Waals surface area contributed by atoms with Crippen LogP contribution in [0.1, 0.15) is 19.8 Å². The Bertz CT molecular complexity index is 516. The second-order valence-electron chi connectivity index (χ2n) is 3.89. The van der Waals surface area contributed by atoms with Crippen LogP contribution in [0.4, 0.5) is 19.1 Å². The third kappa shape index (κ3) is 5.70. The molecule has 0 spiro atoms. The lowest BCUT2D eigenvalue weighted by atomic mass is 10.3. The molecule has 1 heterocycles. The molecule has 0 aromatic carbocycles. The van der Waals surface area contributed by atoms with Crippen LogP contribution < -0.4 is 10.0 Å². The van der Waals surface area contributed by atoms with Crippen LogP contribution in [-0.4, -0.2) is 37.7 Å². The molecule has 1 rings (SSSR count). The van der Waals surface area contributed by atoms with E-state index in [-0.39, 0.29) is 23.8 Å². The summed E-state index contributed by atoms with van der Waals surface area (Å²) in [6.07, 6.45) is -3.46. The average Bonchev–Trinajstić information content (AvgIpc) is 2.35. The van der Waals surface area contributed by atoms with E-state index in [1.807, 2.05) is 6.92 Å². The largest absolute Gasteiger partial charge is 0.389 e. The molecule has 0 saturated heterocycles. The molecule has 1 aromatic rings. The number of aromatic nitrogens is 2. The standard InChI is InChI=1S/C10H15F3N4O2S/c1-2-14-9-15-6-8(7-16-9)20(18,19)17-5-3-4-10(11,12)13/h6-7,17H,2-5H2,1H3,(H,14,15,16). The van der Waals surface area contributed by atoms with Gasteiger partial charge in [0.05, 0.1) is 12.4 Å². The van der Waals surface area contributed by atoms with E-state index in [2.05, 4.69) is 20.0 Å². The minimum Gasteiger partial charge on any atom is -0.355 e. The molecule has 20 heavy (non-hydrogen) atoms. The minimum atomic E-state index is -4.29. The zero-order valence-corrected chi connectivity index (χ0v) is 11.6. The van der Waals surface area contributed by atoms with Gasteiger partial charge in [0.1, 0.15) is 4.90 Å². The molecule has 6 nitrogen and oxygen atoms in total. The first-order chi connectivity index (χ1) is 9.24. The lowest BCUT2D eigenvalue weighted by Crippen LogP contribution is -2.26. The molecule has 0 aliphatic heterocycles. The number of rotatable bonds is 7. The molecule has 0 amide bonds. The second-order valence-corrected chi connectivity index (χ2v) is 5.66. The van der Waals surface area contributed by atoms with Gasteiger partial charge in [0.15, 0.2) is 0 Å². The lowest BCUT2D eigenvalue weighted by molar-refractivity contribution is -0.135. The summed E-state index contributed by atoms with van der Waals surface area (Å²) in [6, 6.07) is 0. The first kappa shape index (κ1) is 16.6. The summed E-state index contributed by atoms with van der Waals surface area (Å²) in [5.41, 5.74) is 0. The van der Waals surface area contributed by atoms with Crippen LogP contribution in [0.15, 0.2) is 17.3 Å². The van der Waals surface area contributed by atoms with Gasteiger partial charge in [-0.2, -0.15) is 13.2 Å². The Balaban J connectivity index is 2.56. The van der Waals surface area contributed by atoms with Crippen LogP contribution in [0.2, 0.25) is 0 Å². The summed E-state index contributed by atoms with van der Waals surface area (Å²) < 4.78 is 61.3. The third-order valence-corrected chi connectivity index (χ3v) is 3.62. The van der Waals surface area contributed by atoms with Crippen molar-refractivity contribution in [3.63, 3.8) is 0 Å². The Morgan fingerprint density at radius 2 is 1.85 bits per heavy atom. The smallest absolute Gasteiger partial charge is 0.355 e. The quantitative estimate of drug-likeness (QED) is 0.746. The molecular formula is C10H15F3N4O2S. The van der Waals surface area contributed by atoms with Gasteiger partial charge in [0.2, 0.25) is 16.0 Å². The fraction of sp³-hybridized carbons (Fsp3) is 0.600. The number of hydrogen-bond donors (Lipinski definition) is 2. The minimum absolute atomic E-state index is 0.189. The first-order valence-corrected chi connectivity index (χ1v) is 7.35. The van der Waals surface area contributed by atoms with Gasteiger partial charge in [-0.3, -0.25) is 0 Å². The van der Waals surface area contributed by atoms with Crippen molar-refractivity contribution in [3.8, 4) is 0 Å². The van der Waals surface area contributed by atoms with Crippen LogP contribution in [-0.2, 0) is 10.0 Å². The highest BCUT2D eigenvalue weighted by Crippen LogP contribution is 2.20. The zero-order chi connectivity index (χ0) is 15.2. The Hall–Kier alpha value is -1.42. The Morgan fingerprint density at radius 3 is 2.35 bits per heavy atom. The van der Waals surface area contributed by atoms with Crippen molar-refractivity contribution in [2.24, 2.45) is 0 Å². The molecule has 0 aliphatic carbocycles. The van der Waals surface area contributed by atoms with E-state index in [0.717, 1.165) is 12.4 Å². The summed E-state index contributed by atoms with van der Waals surface area (Å²) in [6.45, 7) is 2.12. The Morgan fingerprint density at radius 1 is 1.25 bits per heavy atom. The molecule has 0 aliphatic rings. The molecule has 2 N–H and O–H groups in total. The number of hydrogen-bond acceptors (Lipinski definition) is 5. The van der Waals surface area contributed by atoms with E-state index in [1.54, 1.807) is 0 Å². The normalized spacial score (nSPS) is 12.4. The number of alkyl halides is 3. The molecule has 0 saturated carbocycles. The molecule has 10 heteroatoms. The predicted octanol–water partition coefficient (Wildman–Crippen LogP) is 1.53. The predicted molar refractivity (Wildman–Crippen MR) is 66.7 cm³/mol. The average molecular weight is 312 g/mol. The molecule has 0 atom stereocenters. The first-order valence-electron chi connectivity index (χ1n) is 5.87. The van der Waals surface area contributed by atoms with Crippen LogP contribution in [0.5, 0.6) is 0 Å².